The molecule has 1 aliphatic rings. The van der Waals surface area contributed by atoms with E-state index >= 15 is 0 Å². The third kappa shape index (κ3) is 2.96. The van der Waals surface area contributed by atoms with Crippen molar-refractivity contribution in [3.8, 4) is 0 Å². The van der Waals surface area contributed by atoms with Crippen LogP contribution in [0, 0.1) is 17.2 Å². The van der Waals surface area contributed by atoms with Crippen LogP contribution in [0.1, 0.15) is 39.7 Å². The standard InChI is InChI=1S/C16H22FNO/c1-11(16(2,3)4)9-15(19)18-8-7-12-5-6-13(17)10-14(12)18/h5-6,10-11H,7-9H2,1-4H3. The fourth-order valence-electron chi connectivity index (χ4n) is 2.29. The van der Waals surface area contributed by atoms with Gasteiger partial charge in [-0.2, -0.15) is 0 Å². The lowest BCUT2D eigenvalue weighted by molar-refractivity contribution is -0.120. The molecule has 0 spiro atoms. The Bertz CT molecular complexity index is 490. The molecule has 2 nitrogen and oxygen atoms in total. The summed E-state index contributed by atoms with van der Waals surface area (Å²) in [6, 6.07) is 4.72. The number of carbonyl (C=O) groups excluding carboxylic acids is 1. The summed E-state index contributed by atoms with van der Waals surface area (Å²) >= 11 is 0. The van der Waals surface area contributed by atoms with E-state index in [0.29, 0.717) is 18.9 Å². The van der Waals surface area contributed by atoms with E-state index in [0.717, 1.165) is 17.7 Å². The van der Waals surface area contributed by atoms with E-state index in [1.807, 2.05) is 0 Å². The highest BCUT2D eigenvalue weighted by atomic mass is 19.1. The van der Waals surface area contributed by atoms with Crippen LogP contribution in [0.25, 0.3) is 0 Å². The van der Waals surface area contributed by atoms with E-state index in [1.165, 1.54) is 12.1 Å². The first-order valence-corrected chi connectivity index (χ1v) is 6.88. The quantitative estimate of drug-likeness (QED) is 0.795. The molecule has 1 aromatic carbocycles. The number of rotatable bonds is 2. The first-order valence-electron chi connectivity index (χ1n) is 6.88. The van der Waals surface area contributed by atoms with E-state index < -0.39 is 0 Å². The highest BCUT2D eigenvalue weighted by Gasteiger charge is 2.29. The molecule has 0 aliphatic carbocycles. The van der Waals surface area contributed by atoms with Crippen LogP contribution < -0.4 is 4.90 Å². The molecular formula is C16H22FNO. The van der Waals surface area contributed by atoms with Gasteiger partial charge in [0.05, 0.1) is 0 Å². The Morgan fingerprint density at radius 3 is 2.74 bits per heavy atom. The van der Waals surface area contributed by atoms with Gasteiger partial charge in [-0.25, -0.2) is 4.39 Å². The highest BCUT2D eigenvalue weighted by Crippen LogP contribution is 2.33. The molecule has 0 radical (unpaired) electrons. The summed E-state index contributed by atoms with van der Waals surface area (Å²) < 4.78 is 13.3. The van der Waals surface area contributed by atoms with Crippen molar-refractivity contribution in [1.29, 1.82) is 0 Å². The Labute approximate surface area is 114 Å². The Morgan fingerprint density at radius 2 is 2.11 bits per heavy atom. The molecule has 0 N–H and O–H groups in total. The number of hydrogen-bond donors (Lipinski definition) is 0. The van der Waals surface area contributed by atoms with Gasteiger partial charge in [-0.05, 0) is 35.4 Å². The van der Waals surface area contributed by atoms with Crippen molar-refractivity contribution >= 4 is 11.6 Å². The molecule has 104 valence electrons. The molecule has 2 rings (SSSR count). The number of amides is 1. The molecule has 0 aromatic heterocycles. The normalized spacial score (nSPS) is 16.4. The molecule has 0 saturated carbocycles. The number of nitrogens with zero attached hydrogens (tertiary/aromatic N) is 1. The van der Waals surface area contributed by atoms with Crippen molar-refractivity contribution in [1.82, 2.24) is 0 Å². The summed E-state index contributed by atoms with van der Waals surface area (Å²) in [6.45, 7) is 9.20. The van der Waals surface area contributed by atoms with Gasteiger partial charge in [-0.3, -0.25) is 4.79 Å². The van der Waals surface area contributed by atoms with Crippen molar-refractivity contribution in [2.75, 3.05) is 11.4 Å². The smallest absolute Gasteiger partial charge is 0.227 e. The second-order valence-corrected chi connectivity index (χ2v) is 6.54. The minimum absolute atomic E-state index is 0.103. The second-order valence-electron chi connectivity index (χ2n) is 6.54. The SMILES string of the molecule is CC(CC(=O)N1CCc2ccc(F)cc21)C(C)(C)C. The number of anilines is 1. The van der Waals surface area contributed by atoms with Gasteiger partial charge in [0.2, 0.25) is 5.91 Å². The Balaban J connectivity index is 2.13. The minimum atomic E-state index is -0.276. The lowest BCUT2D eigenvalue weighted by Gasteiger charge is -2.28. The lowest BCUT2D eigenvalue weighted by atomic mass is 9.80. The third-order valence-corrected chi connectivity index (χ3v) is 4.20. The summed E-state index contributed by atoms with van der Waals surface area (Å²) in [5.74, 6) is 0.131. The average Bonchev–Trinajstić information content (AvgIpc) is 2.70. The fraction of sp³-hybridized carbons (Fsp3) is 0.562. The second kappa shape index (κ2) is 4.95. The zero-order valence-electron chi connectivity index (χ0n) is 12.2. The van der Waals surface area contributed by atoms with Crippen molar-refractivity contribution in [2.45, 2.75) is 40.5 Å². The predicted octanol–water partition coefficient (Wildman–Crippen LogP) is 3.79. The zero-order valence-corrected chi connectivity index (χ0v) is 12.2. The number of fused-ring (bicyclic) bond motifs is 1. The van der Waals surface area contributed by atoms with Crippen LogP contribution in [0.2, 0.25) is 0 Å². The molecule has 19 heavy (non-hydrogen) atoms. The Morgan fingerprint density at radius 1 is 1.42 bits per heavy atom. The molecule has 1 amide bonds. The fourth-order valence-corrected chi connectivity index (χ4v) is 2.29. The minimum Gasteiger partial charge on any atom is -0.312 e. The van der Waals surface area contributed by atoms with Gasteiger partial charge in [0, 0.05) is 18.7 Å². The zero-order chi connectivity index (χ0) is 14.2. The average molecular weight is 263 g/mol. The highest BCUT2D eigenvalue weighted by molar-refractivity contribution is 5.95. The summed E-state index contributed by atoms with van der Waals surface area (Å²) in [6.07, 6.45) is 1.34. The Hall–Kier alpha value is -1.38. The van der Waals surface area contributed by atoms with E-state index in [9.17, 15) is 9.18 Å². The van der Waals surface area contributed by atoms with Crippen LogP contribution in [0.5, 0.6) is 0 Å². The van der Waals surface area contributed by atoms with E-state index in [1.54, 1.807) is 11.0 Å². The maximum absolute atomic E-state index is 13.3. The van der Waals surface area contributed by atoms with Crippen molar-refractivity contribution in [3.05, 3.63) is 29.6 Å². The number of halogens is 1. The van der Waals surface area contributed by atoms with Crippen LogP contribution >= 0.6 is 0 Å². The van der Waals surface area contributed by atoms with Crippen LogP contribution in [-0.2, 0) is 11.2 Å². The molecule has 1 unspecified atom stereocenters. The van der Waals surface area contributed by atoms with Crippen LogP contribution in [-0.4, -0.2) is 12.5 Å². The summed E-state index contributed by atoms with van der Waals surface area (Å²) in [7, 11) is 0. The van der Waals surface area contributed by atoms with Gasteiger partial charge in [-0.15, -0.1) is 0 Å². The number of hydrogen-bond acceptors (Lipinski definition) is 1. The van der Waals surface area contributed by atoms with Gasteiger partial charge in [-0.1, -0.05) is 33.8 Å². The van der Waals surface area contributed by atoms with Crippen LogP contribution in [0.15, 0.2) is 18.2 Å². The molecule has 1 aromatic rings. The molecule has 1 heterocycles. The van der Waals surface area contributed by atoms with Gasteiger partial charge < -0.3 is 4.90 Å². The molecule has 0 bridgehead atoms. The van der Waals surface area contributed by atoms with E-state index in [2.05, 4.69) is 27.7 Å². The van der Waals surface area contributed by atoms with E-state index in [-0.39, 0.29) is 17.1 Å². The first-order chi connectivity index (χ1) is 8.79. The van der Waals surface area contributed by atoms with Gasteiger partial charge >= 0.3 is 0 Å². The largest absolute Gasteiger partial charge is 0.312 e. The van der Waals surface area contributed by atoms with E-state index in [4.69, 9.17) is 0 Å². The lowest BCUT2D eigenvalue weighted by Crippen LogP contribution is -2.32. The topological polar surface area (TPSA) is 20.3 Å². The maximum Gasteiger partial charge on any atom is 0.227 e. The van der Waals surface area contributed by atoms with Gasteiger partial charge in [0.15, 0.2) is 0 Å². The third-order valence-electron chi connectivity index (χ3n) is 4.20. The number of carbonyl (C=O) groups is 1. The maximum atomic E-state index is 13.3. The molecule has 0 saturated heterocycles. The molecule has 1 atom stereocenters. The van der Waals surface area contributed by atoms with Crippen LogP contribution in [0.3, 0.4) is 0 Å². The van der Waals surface area contributed by atoms with Crippen molar-refractivity contribution in [3.63, 3.8) is 0 Å². The molecule has 0 fully saturated rings. The summed E-state index contributed by atoms with van der Waals surface area (Å²) in [4.78, 5) is 14.1. The van der Waals surface area contributed by atoms with Crippen molar-refractivity contribution < 1.29 is 9.18 Å². The van der Waals surface area contributed by atoms with Crippen LogP contribution in [0.4, 0.5) is 10.1 Å². The summed E-state index contributed by atoms with van der Waals surface area (Å²) in [5, 5.41) is 0. The first kappa shape index (κ1) is 14.0. The van der Waals surface area contributed by atoms with Gasteiger partial charge in [0.1, 0.15) is 5.82 Å². The molecular weight excluding hydrogens is 241 g/mol. The Kier molecular flexibility index (Phi) is 3.66. The number of benzene rings is 1. The van der Waals surface area contributed by atoms with Gasteiger partial charge in [0.25, 0.3) is 0 Å². The molecule has 1 aliphatic heterocycles. The summed E-state index contributed by atoms with van der Waals surface area (Å²) in [5.41, 5.74) is 1.93. The monoisotopic (exact) mass is 263 g/mol. The van der Waals surface area contributed by atoms with Crippen molar-refractivity contribution in [2.24, 2.45) is 11.3 Å². The predicted molar refractivity (Wildman–Crippen MR) is 75.7 cm³/mol. The molecule has 3 heteroatoms.